The number of thioether (sulfide) groups is 1. The first kappa shape index (κ1) is 25.1. The van der Waals surface area contributed by atoms with Gasteiger partial charge in [-0.3, -0.25) is 14.5 Å². The number of carbonyl (C=O) groups excluding carboxylic acids is 1. The number of hydrogen-bond acceptors (Lipinski definition) is 4. The Bertz CT molecular complexity index is 946. The van der Waals surface area contributed by atoms with Crippen molar-refractivity contribution in [2.24, 2.45) is 5.41 Å². The van der Waals surface area contributed by atoms with E-state index in [2.05, 4.69) is 45.9 Å². The average Bonchev–Trinajstić information content (AvgIpc) is 2.92. The topological polar surface area (TPSA) is 57.6 Å². The van der Waals surface area contributed by atoms with Crippen LogP contribution in [0.15, 0.2) is 69.7 Å². The number of allylic oxidation sites excluding steroid dienone is 11. The summed E-state index contributed by atoms with van der Waals surface area (Å²) in [5.74, 6) is -1.44. The molecule has 1 saturated heterocycles. The Kier molecular flexibility index (Phi) is 8.83. The van der Waals surface area contributed by atoms with Crippen molar-refractivity contribution >= 4 is 40.2 Å². The van der Waals surface area contributed by atoms with Crippen molar-refractivity contribution in [2.75, 3.05) is 6.54 Å². The maximum atomic E-state index is 12.3. The van der Waals surface area contributed by atoms with E-state index in [-0.39, 0.29) is 15.6 Å². The highest BCUT2D eigenvalue weighted by atomic mass is 32.2. The van der Waals surface area contributed by atoms with Crippen LogP contribution < -0.4 is 0 Å². The lowest BCUT2D eigenvalue weighted by Crippen LogP contribution is -2.33. The number of nitrogens with zero attached hydrogens (tertiary/aromatic N) is 1. The van der Waals surface area contributed by atoms with Gasteiger partial charge in [0.1, 0.15) is 10.9 Å². The Morgan fingerprint density at radius 1 is 1.23 bits per heavy atom. The third-order valence-electron chi connectivity index (χ3n) is 5.44. The van der Waals surface area contributed by atoms with E-state index in [1.54, 1.807) is 6.08 Å². The van der Waals surface area contributed by atoms with Gasteiger partial charge in [-0.15, -0.1) is 0 Å². The van der Waals surface area contributed by atoms with Crippen LogP contribution in [0, 0.1) is 5.41 Å². The van der Waals surface area contributed by atoms with Crippen molar-refractivity contribution in [3.63, 3.8) is 0 Å². The molecule has 0 aromatic rings. The lowest BCUT2D eigenvalue weighted by atomic mass is 9.72. The molecule has 1 N–H and O–H groups in total. The van der Waals surface area contributed by atoms with E-state index in [0.717, 1.165) is 22.2 Å². The van der Waals surface area contributed by atoms with Crippen molar-refractivity contribution < 1.29 is 14.7 Å². The van der Waals surface area contributed by atoms with E-state index in [1.807, 2.05) is 25.2 Å². The molecule has 166 valence electrons. The summed E-state index contributed by atoms with van der Waals surface area (Å²) in [4.78, 5) is 24.7. The molecule has 2 aliphatic rings. The Balaban J connectivity index is 2.02. The van der Waals surface area contributed by atoms with Crippen LogP contribution in [-0.4, -0.2) is 32.7 Å². The SMILES string of the molecule is CC1=C(/C=C/C(C)=C/C=C/C(C)=C/C=C2/SC(=S)N(CC(=O)O)C2=O)C(C)(C)CCC1. The summed E-state index contributed by atoms with van der Waals surface area (Å²) in [6, 6.07) is 0. The Labute approximate surface area is 195 Å². The summed E-state index contributed by atoms with van der Waals surface area (Å²) in [5.41, 5.74) is 5.32. The highest BCUT2D eigenvalue weighted by Gasteiger charge is 2.32. The molecule has 1 aliphatic heterocycles. The first-order valence-electron chi connectivity index (χ1n) is 10.4. The summed E-state index contributed by atoms with van der Waals surface area (Å²) in [7, 11) is 0. The minimum Gasteiger partial charge on any atom is -0.480 e. The molecule has 6 heteroatoms. The fourth-order valence-corrected chi connectivity index (χ4v) is 4.88. The van der Waals surface area contributed by atoms with E-state index in [1.165, 1.54) is 36.0 Å². The molecule has 1 fully saturated rings. The van der Waals surface area contributed by atoms with Gasteiger partial charge >= 0.3 is 5.97 Å². The van der Waals surface area contributed by atoms with Gasteiger partial charge < -0.3 is 5.11 Å². The molecule has 0 bridgehead atoms. The fourth-order valence-electron chi connectivity index (χ4n) is 3.68. The van der Waals surface area contributed by atoms with Gasteiger partial charge in [-0.05, 0) is 57.1 Å². The maximum absolute atomic E-state index is 12.3. The van der Waals surface area contributed by atoms with Crippen molar-refractivity contribution in [3.8, 4) is 0 Å². The fraction of sp³-hybridized carbons (Fsp3) is 0.400. The minimum absolute atomic E-state index is 0.236. The molecule has 0 saturated carbocycles. The van der Waals surface area contributed by atoms with Crippen molar-refractivity contribution in [1.29, 1.82) is 0 Å². The van der Waals surface area contributed by atoms with Crippen LogP contribution in [-0.2, 0) is 9.59 Å². The van der Waals surface area contributed by atoms with Crippen LogP contribution in [0.4, 0.5) is 0 Å². The number of aliphatic carboxylic acids is 1. The second-order valence-electron chi connectivity index (χ2n) is 8.63. The Hall–Kier alpha value is -2.18. The molecule has 31 heavy (non-hydrogen) atoms. The first-order valence-corrected chi connectivity index (χ1v) is 11.6. The molecular weight excluding hydrogens is 426 g/mol. The normalized spacial score (nSPS) is 22.0. The van der Waals surface area contributed by atoms with Gasteiger partial charge in [0, 0.05) is 0 Å². The zero-order chi connectivity index (χ0) is 23.2. The summed E-state index contributed by atoms with van der Waals surface area (Å²) in [5, 5.41) is 8.89. The van der Waals surface area contributed by atoms with E-state index < -0.39 is 12.5 Å². The predicted octanol–water partition coefficient (Wildman–Crippen LogP) is 6.35. The van der Waals surface area contributed by atoms with Gasteiger partial charge in [0.25, 0.3) is 5.91 Å². The Morgan fingerprint density at radius 3 is 2.55 bits per heavy atom. The van der Waals surface area contributed by atoms with Crippen LogP contribution in [0.2, 0.25) is 0 Å². The van der Waals surface area contributed by atoms with Gasteiger partial charge in [0.05, 0.1) is 4.91 Å². The summed E-state index contributed by atoms with van der Waals surface area (Å²) in [6.45, 7) is 10.5. The lowest BCUT2D eigenvalue weighted by Gasteiger charge is -2.32. The molecule has 1 heterocycles. The molecule has 1 amide bonds. The van der Waals surface area contributed by atoms with E-state index >= 15 is 0 Å². The van der Waals surface area contributed by atoms with Gasteiger partial charge in [-0.25, -0.2) is 0 Å². The standard InChI is InChI=1S/C25H31NO3S2/c1-17(11-13-20-19(3)10-7-15-25(20,4)5)8-6-9-18(2)12-14-21-23(29)26(16-22(27)28)24(30)31-21/h6,8-9,11-14H,7,10,15-16H2,1-5H3,(H,27,28)/b9-6+,13-11+,17-8+,18-12+,21-14+. The molecule has 0 aromatic heterocycles. The number of amides is 1. The molecule has 0 spiro atoms. The quantitative estimate of drug-likeness (QED) is 0.274. The van der Waals surface area contributed by atoms with Gasteiger partial charge in [0.15, 0.2) is 0 Å². The van der Waals surface area contributed by atoms with E-state index in [9.17, 15) is 9.59 Å². The molecule has 1 aliphatic carbocycles. The van der Waals surface area contributed by atoms with Gasteiger partial charge in [-0.2, -0.15) is 0 Å². The molecular formula is C25H31NO3S2. The van der Waals surface area contributed by atoms with Crippen LogP contribution in [0.5, 0.6) is 0 Å². The van der Waals surface area contributed by atoms with Gasteiger partial charge in [0.2, 0.25) is 0 Å². The number of hydrogen-bond donors (Lipinski definition) is 1. The van der Waals surface area contributed by atoms with Crippen LogP contribution >= 0.6 is 24.0 Å². The summed E-state index contributed by atoms with van der Waals surface area (Å²) >= 11 is 6.22. The Morgan fingerprint density at radius 2 is 1.90 bits per heavy atom. The number of rotatable bonds is 7. The van der Waals surface area contributed by atoms with E-state index in [0.29, 0.717) is 4.91 Å². The third-order valence-corrected chi connectivity index (χ3v) is 6.83. The van der Waals surface area contributed by atoms with Crippen molar-refractivity contribution in [3.05, 3.63) is 69.7 Å². The van der Waals surface area contributed by atoms with Crippen LogP contribution in [0.1, 0.15) is 53.9 Å². The second kappa shape index (κ2) is 10.9. The predicted molar refractivity (Wildman–Crippen MR) is 134 cm³/mol. The van der Waals surface area contributed by atoms with Crippen LogP contribution in [0.3, 0.4) is 0 Å². The van der Waals surface area contributed by atoms with Crippen LogP contribution in [0.25, 0.3) is 0 Å². The monoisotopic (exact) mass is 457 g/mol. The number of carboxylic acid groups (broad SMARTS) is 1. The average molecular weight is 458 g/mol. The number of carbonyl (C=O) groups is 2. The van der Waals surface area contributed by atoms with E-state index in [4.69, 9.17) is 17.3 Å². The lowest BCUT2D eigenvalue weighted by molar-refractivity contribution is -0.140. The zero-order valence-corrected chi connectivity index (χ0v) is 20.5. The second-order valence-corrected chi connectivity index (χ2v) is 10.3. The van der Waals surface area contributed by atoms with Crippen molar-refractivity contribution in [2.45, 2.75) is 53.9 Å². The maximum Gasteiger partial charge on any atom is 0.323 e. The van der Waals surface area contributed by atoms with Crippen molar-refractivity contribution in [1.82, 2.24) is 4.90 Å². The minimum atomic E-state index is -1.08. The zero-order valence-electron chi connectivity index (χ0n) is 18.9. The number of thiocarbonyl (C=S) groups is 1. The molecule has 2 rings (SSSR count). The molecule has 0 unspecified atom stereocenters. The highest BCUT2D eigenvalue weighted by molar-refractivity contribution is 8.26. The smallest absolute Gasteiger partial charge is 0.323 e. The largest absolute Gasteiger partial charge is 0.480 e. The third kappa shape index (κ3) is 7.18. The summed E-state index contributed by atoms with van der Waals surface area (Å²) in [6.07, 6.45) is 17.7. The molecule has 0 atom stereocenters. The molecule has 0 radical (unpaired) electrons. The summed E-state index contributed by atoms with van der Waals surface area (Å²) < 4.78 is 0.275. The highest BCUT2D eigenvalue weighted by Crippen LogP contribution is 2.40. The number of carboxylic acids is 1. The molecule has 4 nitrogen and oxygen atoms in total. The van der Waals surface area contributed by atoms with Gasteiger partial charge in [-0.1, -0.05) is 91.0 Å². The molecule has 0 aromatic carbocycles. The first-order chi connectivity index (χ1) is 14.5.